The van der Waals surface area contributed by atoms with Crippen LogP contribution in [-0.2, 0) is 16.0 Å². The highest BCUT2D eigenvalue weighted by atomic mass is 35.5. The third kappa shape index (κ3) is 4.62. The van der Waals surface area contributed by atoms with Crippen LogP contribution in [0.1, 0.15) is 12.5 Å². The largest absolute Gasteiger partial charge is 0.492 e. The number of carbonyl (C=O) groups is 2. The second-order valence-corrected chi connectivity index (χ2v) is 7.89. The van der Waals surface area contributed by atoms with Gasteiger partial charge in [-0.1, -0.05) is 29.3 Å². The predicted molar refractivity (Wildman–Crippen MR) is 128 cm³/mol. The standard InChI is InChI=1S/C23H19Cl2N5O3/c1-14(31)30(20-8-11-29-19(7-10-27-29)23(20)33-2)21-12-15(6-9-26-21)28-22(32)13-16-17(24)4-3-5-18(16)25/h3-12H,13H2,1-2H3,(H,26,28,32). The monoisotopic (exact) mass is 483 g/mol. The topological polar surface area (TPSA) is 88.8 Å². The molecule has 0 aliphatic rings. The van der Waals surface area contributed by atoms with Crippen molar-refractivity contribution in [1.82, 2.24) is 14.6 Å². The van der Waals surface area contributed by atoms with Crippen LogP contribution < -0.4 is 15.0 Å². The highest BCUT2D eigenvalue weighted by Gasteiger charge is 2.22. The van der Waals surface area contributed by atoms with E-state index in [0.29, 0.717) is 44.1 Å². The van der Waals surface area contributed by atoms with Crippen molar-refractivity contribution in [3.8, 4) is 5.75 Å². The van der Waals surface area contributed by atoms with Gasteiger partial charge in [-0.3, -0.25) is 14.5 Å². The average Bonchev–Trinajstić information content (AvgIpc) is 3.25. The smallest absolute Gasteiger partial charge is 0.229 e. The lowest BCUT2D eigenvalue weighted by Gasteiger charge is -2.23. The minimum atomic E-state index is -0.310. The van der Waals surface area contributed by atoms with Crippen molar-refractivity contribution in [2.45, 2.75) is 13.3 Å². The molecular weight excluding hydrogens is 465 g/mol. The van der Waals surface area contributed by atoms with Gasteiger partial charge in [-0.15, -0.1) is 0 Å². The van der Waals surface area contributed by atoms with Gasteiger partial charge in [-0.2, -0.15) is 5.10 Å². The van der Waals surface area contributed by atoms with Crippen LogP contribution in [0.4, 0.5) is 17.2 Å². The fourth-order valence-corrected chi connectivity index (χ4v) is 4.02. The van der Waals surface area contributed by atoms with Crippen molar-refractivity contribution >= 4 is 57.7 Å². The van der Waals surface area contributed by atoms with Gasteiger partial charge >= 0.3 is 0 Å². The molecule has 168 valence electrons. The number of benzene rings is 1. The van der Waals surface area contributed by atoms with Crippen LogP contribution in [0.15, 0.2) is 61.1 Å². The van der Waals surface area contributed by atoms with Gasteiger partial charge in [-0.05, 0) is 35.9 Å². The van der Waals surface area contributed by atoms with E-state index in [0.717, 1.165) is 0 Å². The Morgan fingerprint density at radius 2 is 1.88 bits per heavy atom. The second kappa shape index (κ2) is 9.48. The summed E-state index contributed by atoms with van der Waals surface area (Å²) in [5.41, 5.74) is 2.19. The lowest BCUT2D eigenvalue weighted by atomic mass is 10.1. The Morgan fingerprint density at radius 1 is 1.12 bits per heavy atom. The Kier molecular flexibility index (Phi) is 6.48. The van der Waals surface area contributed by atoms with Gasteiger partial charge in [0.15, 0.2) is 5.75 Å². The van der Waals surface area contributed by atoms with Crippen molar-refractivity contribution in [1.29, 1.82) is 0 Å². The van der Waals surface area contributed by atoms with Gasteiger partial charge < -0.3 is 10.1 Å². The molecule has 2 amide bonds. The number of anilines is 3. The SMILES string of the molecule is COc1c(N(C(C)=O)c2cc(NC(=O)Cc3c(Cl)cccc3Cl)ccn2)ccn2nccc12. The first-order chi connectivity index (χ1) is 15.9. The highest BCUT2D eigenvalue weighted by Crippen LogP contribution is 2.36. The fourth-order valence-electron chi connectivity index (χ4n) is 3.49. The maximum absolute atomic E-state index is 12.6. The number of hydrogen-bond donors (Lipinski definition) is 1. The number of halogens is 2. The van der Waals surface area contributed by atoms with Gasteiger partial charge in [0.05, 0.1) is 25.4 Å². The Balaban J connectivity index is 1.64. The van der Waals surface area contributed by atoms with Gasteiger partial charge in [0.2, 0.25) is 11.8 Å². The van der Waals surface area contributed by atoms with Crippen molar-refractivity contribution < 1.29 is 14.3 Å². The number of fused-ring (bicyclic) bond motifs is 1. The van der Waals surface area contributed by atoms with E-state index in [4.69, 9.17) is 27.9 Å². The van der Waals surface area contributed by atoms with E-state index in [1.54, 1.807) is 59.4 Å². The number of aromatic nitrogens is 3. The summed E-state index contributed by atoms with van der Waals surface area (Å²) < 4.78 is 7.22. The molecule has 4 rings (SSSR count). The quantitative estimate of drug-likeness (QED) is 0.420. The van der Waals surface area contributed by atoms with E-state index in [1.165, 1.54) is 25.1 Å². The first-order valence-electron chi connectivity index (χ1n) is 9.89. The summed E-state index contributed by atoms with van der Waals surface area (Å²) in [4.78, 5) is 31.0. The normalized spacial score (nSPS) is 10.8. The summed E-state index contributed by atoms with van der Waals surface area (Å²) in [7, 11) is 1.52. The highest BCUT2D eigenvalue weighted by molar-refractivity contribution is 6.36. The molecule has 0 unspecified atom stereocenters. The molecule has 4 aromatic rings. The van der Waals surface area contributed by atoms with Gasteiger partial charge in [-0.25, -0.2) is 9.50 Å². The van der Waals surface area contributed by atoms with Crippen molar-refractivity contribution in [3.05, 3.63) is 76.7 Å². The summed E-state index contributed by atoms with van der Waals surface area (Å²) in [5.74, 6) is 0.193. The van der Waals surface area contributed by atoms with Crippen LogP contribution in [-0.4, -0.2) is 33.5 Å². The summed E-state index contributed by atoms with van der Waals surface area (Å²) >= 11 is 12.3. The average molecular weight is 484 g/mol. The molecule has 0 radical (unpaired) electrons. The molecule has 0 atom stereocenters. The van der Waals surface area contributed by atoms with Gasteiger partial charge in [0.25, 0.3) is 0 Å². The number of methoxy groups -OCH3 is 1. The number of nitrogens with zero attached hydrogens (tertiary/aromatic N) is 4. The first-order valence-corrected chi connectivity index (χ1v) is 10.6. The molecule has 33 heavy (non-hydrogen) atoms. The van der Waals surface area contributed by atoms with E-state index < -0.39 is 0 Å². The molecule has 0 saturated carbocycles. The zero-order chi connectivity index (χ0) is 23.5. The summed E-state index contributed by atoms with van der Waals surface area (Å²) in [5, 5.41) is 7.83. The Morgan fingerprint density at radius 3 is 2.58 bits per heavy atom. The Bertz CT molecular complexity index is 1330. The van der Waals surface area contributed by atoms with Crippen LogP contribution in [0.25, 0.3) is 5.52 Å². The summed E-state index contributed by atoms with van der Waals surface area (Å²) in [6.45, 7) is 1.42. The fraction of sp³-hybridized carbons (Fsp3) is 0.130. The second-order valence-electron chi connectivity index (χ2n) is 7.08. The number of amides is 2. The van der Waals surface area contributed by atoms with Crippen LogP contribution in [0.5, 0.6) is 5.75 Å². The Hall–Kier alpha value is -3.62. The van der Waals surface area contributed by atoms with Crippen LogP contribution in [0.3, 0.4) is 0 Å². The number of nitrogens with one attached hydrogen (secondary N) is 1. The van der Waals surface area contributed by atoms with E-state index >= 15 is 0 Å². The maximum atomic E-state index is 12.6. The van der Waals surface area contributed by atoms with Crippen LogP contribution >= 0.6 is 23.2 Å². The minimum absolute atomic E-state index is 0.00170. The molecule has 0 saturated heterocycles. The predicted octanol–water partition coefficient (Wildman–Crippen LogP) is 4.91. The molecular formula is C23H19Cl2N5O3. The molecule has 8 nitrogen and oxygen atoms in total. The van der Waals surface area contributed by atoms with Gasteiger partial charge in [0.1, 0.15) is 11.3 Å². The molecule has 10 heteroatoms. The molecule has 0 aliphatic carbocycles. The zero-order valence-electron chi connectivity index (χ0n) is 17.8. The van der Waals surface area contributed by atoms with Crippen molar-refractivity contribution in [2.75, 3.05) is 17.3 Å². The van der Waals surface area contributed by atoms with E-state index in [-0.39, 0.29) is 18.2 Å². The zero-order valence-corrected chi connectivity index (χ0v) is 19.3. The molecule has 1 N–H and O–H groups in total. The number of carbonyl (C=O) groups excluding carboxylic acids is 2. The van der Waals surface area contributed by atoms with Crippen LogP contribution in [0, 0.1) is 0 Å². The molecule has 3 heterocycles. The molecule has 0 fully saturated rings. The third-order valence-electron chi connectivity index (χ3n) is 4.93. The number of hydrogen-bond acceptors (Lipinski definition) is 5. The molecule has 1 aromatic carbocycles. The van der Waals surface area contributed by atoms with Crippen LogP contribution in [0.2, 0.25) is 10.0 Å². The lowest BCUT2D eigenvalue weighted by molar-refractivity contribution is -0.116. The Labute approximate surface area is 199 Å². The summed E-state index contributed by atoms with van der Waals surface area (Å²) in [6, 6.07) is 11.8. The minimum Gasteiger partial charge on any atom is -0.492 e. The molecule has 0 aliphatic heterocycles. The molecule has 3 aromatic heterocycles. The molecule has 0 bridgehead atoms. The summed E-state index contributed by atoms with van der Waals surface area (Å²) in [6.07, 6.45) is 4.87. The van der Waals surface area contributed by atoms with Crippen molar-refractivity contribution in [2.24, 2.45) is 0 Å². The number of pyridine rings is 2. The first kappa shape index (κ1) is 22.6. The molecule has 0 spiro atoms. The van der Waals surface area contributed by atoms with Gasteiger partial charge in [0, 0.05) is 41.1 Å². The maximum Gasteiger partial charge on any atom is 0.229 e. The number of ether oxygens (including phenoxy) is 1. The third-order valence-corrected chi connectivity index (χ3v) is 5.63. The van der Waals surface area contributed by atoms with E-state index in [1.807, 2.05) is 0 Å². The van der Waals surface area contributed by atoms with Crippen molar-refractivity contribution in [3.63, 3.8) is 0 Å². The van der Waals surface area contributed by atoms with E-state index in [2.05, 4.69) is 15.4 Å². The number of rotatable bonds is 6. The lowest BCUT2D eigenvalue weighted by Crippen LogP contribution is -2.25. The van der Waals surface area contributed by atoms with E-state index in [9.17, 15) is 9.59 Å².